The molecule has 0 spiro atoms. The second-order valence-corrected chi connectivity index (χ2v) is 6.38. The number of benzene rings is 2. The molecule has 2 aromatic rings. The lowest BCUT2D eigenvalue weighted by Crippen LogP contribution is -2.14. The number of hydrogen-bond donors (Lipinski definition) is 1. The second kappa shape index (κ2) is 7.15. The summed E-state index contributed by atoms with van der Waals surface area (Å²) < 4.78 is 2.02. The van der Waals surface area contributed by atoms with Crippen molar-refractivity contribution in [3.8, 4) is 0 Å². The van der Waals surface area contributed by atoms with Crippen molar-refractivity contribution in [3.63, 3.8) is 0 Å². The van der Waals surface area contributed by atoms with Crippen molar-refractivity contribution < 1.29 is 4.92 Å². The molecule has 0 aliphatic heterocycles. The van der Waals surface area contributed by atoms with E-state index in [1.165, 1.54) is 6.07 Å². The van der Waals surface area contributed by atoms with Gasteiger partial charge in [0.2, 0.25) is 0 Å². The molecule has 4 nitrogen and oxygen atoms in total. The summed E-state index contributed by atoms with van der Waals surface area (Å²) in [6, 6.07) is 11.2. The molecule has 2 rings (SSSR count). The summed E-state index contributed by atoms with van der Waals surface area (Å²) in [4.78, 5) is 10.6. The predicted molar refractivity (Wildman–Crippen MR) is 90.2 cm³/mol. The third kappa shape index (κ3) is 4.12. The number of hydrogen-bond acceptors (Lipinski definition) is 3. The molecule has 0 aromatic heterocycles. The van der Waals surface area contributed by atoms with Crippen LogP contribution in [0.2, 0.25) is 0 Å². The van der Waals surface area contributed by atoms with E-state index < -0.39 is 0 Å². The first-order valence-corrected chi connectivity index (χ1v) is 7.95. The van der Waals surface area contributed by atoms with Crippen LogP contribution in [0.25, 0.3) is 0 Å². The monoisotopic (exact) mass is 412 g/mol. The van der Waals surface area contributed by atoms with Gasteiger partial charge in [-0.2, -0.15) is 0 Å². The Morgan fingerprint density at radius 1 is 1.14 bits per heavy atom. The maximum Gasteiger partial charge on any atom is 0.272 e. The number of nitro groups is 1. The molecule has 0 saturated heterocycles. The van der Waals surface area contributed by atoms with Crippen molar-refractivity contribution >= 4 is 37.5 Å². The minimum absolute atomic E-state index is 0.167. The fraction of sp³-hybridized carbons (Fsp3) is 0.200. The molecule has 0 fully saturated rings. The van der Waals surface area contributed by atoms with Crippen LogP contribution in [0, 0.1) is 17.0 Å². The van der Waals surface area contributed by atoms with Gasteiger partial charge in [0.15, 0.2) is 0 Å². The van der Waals surface area contributed by atoms with E-state index in [0.717, 1.165) is 20.1 Å². The molecule has 6 heteroatoms. The molecule has 0 aliphatic rings. The van der Waals surface area contributed by atoms with Crippen LogP contribution in [-0.2, 0) is 13.1 Å². The van der Waals surface area contributed by atoms with Crippen LogP contribution >= 0.6 is 31.9 Å². The van der Waals surface area contributed by atoms with Crippen molar-refractivity contribution in [2.45, 2.75) is 20.0 Å². The zero-order chi connectivity index (χ0) is 15.4. The normalized spacial score (nSPS) is 10.6. The van der Waals surface area contributed by atoms with Gasteiger partial charge in [0, 0.05) is 33.7 Å². The Balaban J connectivity index is 2.02. The maximum atomic E-state index is 10.9. The molecule has 2 aromatic carbocycles. The summed E-state index contributed by atoms with van der Waals surface area (Å²) in [5.74, 6) is 0. The van der Waals surface area contributed by atoms with Gasteiger partial charge >= 0.3 is 0 Å². The van der Waals surface area contributed by atoms with E-state index in [4.69, 9.17) is 0 Å². The van der Waals surface area contributed by atoms with Crippen molar-refractivity contribution in [3.05, 3.63) is 72.1 Å². The number of nitrogens with one attached hydrogen (secondary N) is 1. The van der Waals surface area contributed by atoms with Crippen LogP contribution in [-0.4, -0.2) is 4.92 Å². The topological polar surface area (TPSA) is 55.2 Å². The lowest BCUT2D eigenvalue weighted by atomic mass is 10.1. The van der Waals surface area contributed by atoms with Crippen LogP contribution in [0.4, 0.5) is 5.69 Å². The van der Waals surface area contributed by atoms with E-state index in [1.54, 1.807) is 13.0 Å². The third-order valence-electron chi connectivity index (χ3n) is 3.24. The van der Waals surface area contributed by atoms with E-state index in [0.29, 0.717) is 18.7 Å². The number of halogens is 2. The SMILES string of the molecule is Cc1c(CNCc2ccc(Br)c(Br)c2)cccc1[N+](=O)[O-]. The van der Waals surface area contributed by atoms with Gasteiger partial charge in [0.25, 0.3) is 5.69 Å². The van der Waals surface area contributed by atoms with E-state index >= 15 is 0 Å². The van der Waals surface area contributed by atoms with E-state index in [1.807, 2.05) is 24.3 Å². The fourth-order valence-electron chi connectivity index (χ4n) is 2.05. The quantitative estimate of drug-likeness (QED) is 0.570. The van der Waals surface area contributed by atoms with Gasteiger partial charge in [-0.25, -0.2) is 0 Å². The predicted octanol–water partition coefficient (Wildman–Crippen LogP) is 4.72. The molecule has 0 atom stereocenters. The van der Waals surface area contributed by atoms with Gasteiger partial charge in [0.1, 0.15) is 0 Å². The molecule has 0 aliphatic carbocycles. The summed E-state index contributed by atoms with van der Waals surface area (Å²) in [7, 11) is 0. The molecular formula is C15H14Br2N2O2. The van der Waals surface area contributed by atoms with Gasteiger partial charge in [0.05, 0.1) is 4.92 Å². The molecule has 0 heterocycles. The van der Waals surface area contributed by atoms with Gasteiger partial charge in [-0.15, -0.1) is 0 Å². The average Bonchev–Trinajstić information content (AvgIpc) is 2.44. The van der Waals surface area contributed by atoms with Crippen molar-refractivity contribution in [1.29, 1.82) is 0 Å². The van der Waals surface area contributed by atoms with Crippen LogP contribution in [0.15, 0.2) is 45.3 Å². The minimum atomic E-state index is -0.343. The highest BCUT2D eigenvalue weighted by Gasteiger charge is 2.12. The van der Waals surface area contributed by atoms with Gasteiger partial charge in [-0.3, -0.25) is 10.1 Å². The van der Waals surface area contributed by atoms with Crippen molar-refractivity contribution in [1.82, 2.24) is 5.32 Å². The zero-order valence-corrected chi connectivity index (χ0v) is 14.6. The third-order valence-corrected chi connectivity index (χ3v) is 5.12. The molecule has 0 unspecified atom stereocenters. The number of nitrogens with zero attached hydrogens (tertiary/aromatic N) is 1. The Morgan fingerprint density at radius 3 is 2.57 bits per heavy atom. The zero-order valence-electron chi connectivity index (χ0n) is 11.4. The molecule has 0 radical (unpaired) electrons. The van der Waals surface area contributed by atoms with Crippen molar-refractivity contribution in [2.24, 2.45) is 0 Å². The maximum absolute atomic E-state index is 10.9. The second-order valence-electron chi connectivity index (χ2n) is 4.67. The Morgan fingerprint density at radius 2 is 1.90 bits per heavy atom. The Labute approximate surface area is 140 Å². The Kier molecular flexibility index (Phi) is 5.50. The van der Waals surface area contributed by atoms with Gasteiger partial charge in [-0.1, -0.05) is 18.2 Å². The van der Waals surface area contributed by atoms with Gasteiger partial charge < -0.3 is 5.32 Å². The number of rotatable bonds is 5. The summed E-state index contributed by atoms with van der Waals surface area (Å²) in [6.45, 7) is 3.08. The van der Waals surface area contributed by atoms with E-state index in [-0.39, 0.29) is 10.6 Å². The van der Waals surface area contributed by atoms with Crippen LogP contribution in [0.1, 0.15) is 16.7 Å². The first-order valence-electron chi connectivity index (χ1n) is 6.36. The molecule has 1 N–H and O–H groups in total. The highest BCUT2D eigenvalue weighted by Crippen LogP contribution is 2.24. The summed E-state index contributed by atoms with van der Waals surface area (Å²) in [5.41, 5.74) is 2.97. The largest absolute Gasteiger partial charge is 0.309 e. The average molecular weight is 414 g/mol. The molecule has 21 heavy (non-hydrogen) atoms. The first kappa shape index (κ1) is 16.1. The number of nitro benzene ring substituents is 1. The molecule has 110 valence electrons. The van der Waals surface area contributed by atoms with E-state index in [9.17, 15) is 10.1 Å². The minimum Gasteiger partial charge on any atom is -0.309 e. The van der Waals surface area contributed by atoms with Gasteiger partial charge in [-0.05, 0) is 62.0 Å². The summed E-state index contributed by atoms with van der Waals surface area (Å²) in [5, 5.41) is 14.2. The summed E-state index contributed by atoms with van der Waals surface area (Å²) >= 11 is 6.90. The Hall–Kier alpha value is -1.24. The van der Waals surface area contributed by atoms with Crippen LogP contribution in [0.3, 0.4) is 0 Å². The fourth-order valence-corrected chi connectivity index (χ4v) is 2.72. The molecule has 0 bridgehead atoms. The molecule has 0 amide bonds. The molecule has 0 saturated carbocycles. The first-order chi connectivity index (χ1) is 9.99. The highest BCUT2D eigenvalue weighted by atomic mass is 79.9. The smallest absolute Gasteiger partial charge is 0.272 e. The lowest BCUT2D eigenvalue weighted by molar-refractivity contribution is -0.385. The standard InChI is InChI=1S/C15H14Br2N2O2/c1-10-12(3-2-4-15(10)19(20)21)9-18-8-11-5-6-13(16)14(17)7-11/h2-7,18H,8-9H2,1H3. The van der Waals surface area contributed by atoms with Crippen LogP contribution < -0.4 is 5.32 Å². The van der Waals surface area contributed by atoms with Crippen molar-refractivity contribution in [2.75, 3.05) is 0 Å². The highest BCUT2D eigenvalue weighted by molar-refractivity contribution is 9.13. The molecular weight excluding hydrogens is 400 g/mol. The lowest BCUT2D eigenvalue weighted by Gasteiger charge is -2.09. The Bertz CT molecular complexity index is 675. The summed E-state index contributed by atoms with van der Waals surface area (Å²) in [6.07, 6.45) is 0. The van der Waals surface area contributed by atoms with Crippen LogP contribution in [0.5, 0.6) is 0 Å². The van der Waals surface area contributed by atoms with E-state index in [2.05, 4.69) is 37.2 Å².